The molecule has 3 aromatic rings. The number of hydrogen-bond donors (Lipinski definition) is 16. The minimum absolute atomic E-state index is 0.0220. The van der Waals surface area contributed by atoms with Crippen LogP contribution in [-0.2, 0) is 44.9 Å². The van der Waals surface area contributed by atoms with Crippen LogP contribution in [0.1, 0.15) is 80.2 Å². The number of carbonyl (C=O) groups excluding carboxylic acids is 6. The van der Waals surface area contributed by atoms with Crippen LogP contribution in [0.3, 0.4) is 0 Å². The Morgan fingerprint density at radius 3 is 1.68 bits per heavy atom. The number of anilines is 1. The summed E-state index contributed by atoms with van der Waals surface area (Å²) in [6.07, 6.45) is -19.0. The fourth-order valence-corrected chi connectivity index (χ4v) is 7.26. The number of carboxylic acids is 3. The van der Waals surface area contributed by atoms with Gasteiger partial charge in [0.1, 0.15) is 42.1 Å². The number of hydrogen-bond acceptors (Lipinski definition) is 22. The second-order valence-electron chi connectivity index (χ2n) is 17.2. The molecule has 3 amide bonds. The summed E-state index contributed by atoms with van der Waals surface area (Å²) in [4.78, 5) is 143. The van der Waals surface area contributed by atoms with Crippen LogP contribution >= 0.6 is 0 Å². The maximum Gasteiger partial charge on any atom is 0.326 e. The summed E-state index contributed by atoms with van der Waals surface area (Å²) in [6, 6.07) is 0.356. The van der Waals surface area contributed by atoms with E-state index in [1.165, 1.54) is 30.5 Å². The number of rotatable bonds is 33. The molecule has 0 aliphatic heterocycles. The number of benzene rings is 1. The van der Waals surface area contributed by atoms with Gasteiger partial charge in [-0.1, -0.05) is 0 Å². The average molecular weight is 1050 g/mol. The second kappa shape index (κ2) is 28.8. The number of amides is 3. The summed E-state index contributed by atoms with van der Waals surface area (Å²) in [7, 11) is 0. The van der Waals surface area contributed by atoms with E-state index in [-0.39, 0.29) is 23.3 Å². The molecule has 0 fully saturated rings. The summed E-state index contributed by atoms with van der Waals surface area (Å²) >= 11 is 0. The van der Waals surface area contributed by atoms with Gasteiger partial charge in [0.05, 0.1) is 67.8 Å². The number of Topliss-reactive ketones (excluding diaryl/α,β-unsaturated/α-hetero) is 3. The Morgan fingerprint density at radius 2 is 1.16 bits per heavy atom. The molecule has 29 nitrogen and oxygen atoms in total. The molecule has 0 spiro atoms. The Labute approximate surface area is 419 Å². The SMILES string of the molecule is CC(=O)[C@H](CCC(=O)O)NC(=O)[C@H](CC(=O)[C@H](CCC(=O)O)NC(=O)[C@H](CC(=O)CC[C@H](NC(=O)c1ccc(NCc2cnc3nc(C)[nH]c(=O)c3n2)cc1)C(=O)O)[C@@H](O)[C@H](O)[C@H](O)CO)[C@@H](O)[C@H](O)[C@H](O)CO. The third-order valence-corrected chi connectivity index (χ3v) is 11.6. The van der Waals surface area contributed by atoms with Gasteiger partial charge in [0.15, 0.2) is 22.7 Å². The van der Waals surface area contributed by atoms with Crippen molar-refractivity contribution in [1.29, 1.82) is 0 Å². The Kier molecular flexibility index (Phi) is 23.8. The fourth-order valence-electron chi connectivity index (χ4n) is 7.26. The number of aliphatic carboxylic acids is 3. The lowest BCUT2D eigenvalue weighted by Crippen LogP contribution is -2.54. The van der Waals surface area contributed by atoms with Crippen LogP contribution in [0.2, 0.25) is 0 Å². The highest BCUT2D eigenvalue weighted by atomic mass is 16.4. The highest BCUT2D eigenvalue weighted by Crippen LogP contribution is 2.23. The maximum atomic E-state index is 13.9. The van der Waals surface area contributed by atoms with Gasteiger partial charge >= 0.3 is 17.9 Å². The lowest BCUT2D eigenvalue weighted by molar-refractivity contribution is -0.147. The molecule has 16 N–H and O–H groups in total. The van der Waals surface area contributed by atoms with Crippen LogP contribution < -0.4 is 26.8 Å². The molecule has 0 saturated carbocycles. The number of aryl methyl sites for hydroxylation is 1. The Hall–Kier alpha value is -7.25. The number of aliphatic hydroxyl groups is 8. The third kappa shape index (κ3) is 18.4. The number of aromatic nitrogens is 4. The van der Waals surface area contributed by atoms with Crippen LogP contribution in [0.5, 0.6) is 0 Å². The normalized spacial score (nSPS) is 15.9. The first-order valence-corrected chi connectivity index (χ1v) is 22.8. The number of nitrogens with one attached hydrogen (secondary N) is 5. The van der Waals surface area contributed by atoms with E-state index >= 15 is 0 Å². The number of carbonyl (C=O) groups is 9. The minimum atomic E-state index is -2.44. The van der Waals surface area contributed by atoms with Crippen molar-refractivity contribution in [3.8, 4) is 0 Å². The van der Waals surface area contributed by atoms with Gasteiger partial charge in [0.2, 0.25) is 11.8 Å². The standard InChI is InChI=1S/C45H60N8O21/c1-19(56)27(9-11-33(61)62)51-43(71)26(37(66)39(68)32(60)18-55)14-30(58)28(10-12-34(63)64)52-42(70)25(36(65)38(67)31(59)17-54)13-24(57)7-8-29(45(73)74)53-41(69)21-3-5-22(6-4-21)46-15-23-16-47-40-35(50-23)44(72)49-20(2)48-40/h3-6,16,25-29,31-32,36-39,46,54-55,59-60,65-68H,7-15,17-18H2,1-2H3,(H,51,71)(H,52,70)(H,53,69)(H,61,62)(H,63,64)(H,73,74)(H,47,48,49,72)/t25-,26-,27+,28+,29+,31-,32-,36-,37-,38-,39-/m1/s1. The third-order valence-electron chi connectivity index (χ3n) is 11.6. The zero-order valence-electron chi connectivity index (χ0n) is 39.9. The molecule has 0 bridgehead atoms. The monoisotopic (exact) mass is 1050 g/mol. The zero-order chi connectivity index (χ0) is 55.6. The Morgan fingerprint density at radius 1 is 0.649 bits per heavy atom. The van der Waals surface area contributed by atoms with E-state index < -0.39 is 190 Å². The van der Waals surface area contributed by atoms with Crippen molar-refractivity contribution in [2.75, 3.05) is 18.5 Å². The second-order valence-corrected chi connectivity index (χ2v) is 17.2. The first kappa shape index (κ1) is 61.1. The predicted octanol–water partition coefficient (Wildman–Crippen LogP) is -4.81. The van der Waals surface area contributed by atoms with Crippen LogP contribution in [-0.4, -0.2) is 197 Å². The molecule has 3 rings (SSSR count). The van der Waals surface area contributed by atoms with Crippen molar-refractivity contribution in [1.82, 2.24) is 35.9 Å². The van der Waals surface area contributed by atoms with Crippen molar-refractivity contribution in [2.24, 2.45) is 11.8 Å². The smallest absolute Gasteiger partial charge is 0.326 e. The molecule has 0 saturated heterocycles. The first-order valence-electron chi connectivity index (χ1n) is 22.8. The van der Waals surface area contributed by atoms with E-state index in [4.69, 9.17) is 5.11 Å². The highest BCUT2D eigenvalue weighted by molar-refractivity contribution is 5.98. The van der Waals surface area contributed by atoms with Gasteiger partial charge in [-0.3, -0.25) is 43.2 Å². The predicted molar refractivity (Wildman–Crippen MR) is 249 cm³/mol. The number of carboxylic acid groups (broad SMARTS) is 3. The summed E-state index contributed by atoms with van der Waals surface area (Å²) in [5.74, 6) is -15.4. The number of ketones is 3. The van der Waals surface area contributed by atoms with Gasteiger partial charge in [-0.25, -0.2) is 19.7 Å². The molecule has 11 atom stereocenters. The van der Waals surface area contributed by atoms with E-state index in [1.807, 2.05) is 0 Å². The largest absolute Gasteiger partial charge is 0.481 e. The summed E-state index contributed by atoms with van der Waals surface area (Å²) < 4.78 is 0. The number of nitrogens with zero attached hydrogens (tertiary/aromatic N) is 3. The van der Waals surface area contributed by atoms with Crippen LogP contribution in [0.25, 0.3) is 11.2 Å². The van der Waals surface area contributed by atoms with Crippen molar-refractivity contribution < 1.29 is 99.3 Å². The van der Waals surface area contributed by atoms with Crippen LogP contribution in [0.4, 0.5) is 5.69 Å². The van der Waals surface area contributed by atoms with E-state index in [1.54, 1.807) is 6.92 Å². The molecule has 0 aliphatic carbocycles. The number of H-pyrrole nitrogens is 1. The molecule has 2 heterocycles. The van der Waals surface area contributed by atoms with Crippen LogP contribution in [0, 0.1) is 18.8 Å². The van der Waals surface area contributed by atoms with Crippen molar-refractivity contribution in [2.45, 2.75) is 127 Å². The molecule has 0 radical (unpaired) electrons. The van der Waals surface area contributed by atoms with E-state index in [0.29, 0.717) is 17.2 Å². The van der Waals surface area contributed by atoms with Crippen molar-refractivity contribution >= 4 is 69.8 Å². The molecular weight excluding hydrogens is 989 g/mol. The number of aromatic amines is 1. The Balaban J connectivity index is 1.80. The first-order chi connectivity index (χ1) is 34.8. The molecular formula is C45H60N8O21. The van der Waals surface area contributed by atoms with Gasteiger partial charge in [-0.15, -0.1) is 0 Å². The zero-order valence-corrected chi connectivity index (χ0v) is 39.9. The lowest BCUT2D eigenvalue weighted by Gasteiger charge is -2.31. The molecule has 0 unspecified atom stereocenters. The topological polar surface area (TPSA) is 496 Å². The van der Waals surface area contributed by atoms with Gasteiger partial charge < -0.3 is 82.4 Å². The van der Waals surface area contributed by atoms with Crippen molar-refractivity contribution in [3.05, 3.63) is 57.9 Å². The van der Waals surface area contributed by atoms with Gasteiger partial charge in [-0.2, -0.15) is 0 Å². The Bertz CT molecular complexity index is 2540. The van der Waals surface area contributed by atoms with Crippen LogP contribution in [0.15, 0.2) is 35.3 Å². The highest BCUT2D eigenvalue weighted by Gasteiger charge is 2.42. The number of fused-ring (bicyclic) bond motifs is 1. The molecule has 406 valence electrons. The van der Waals surface area contributed by atoms with Crippen molar-refractivity contribution in [3.63, 3.8) is 0 Å². The fraction of sp³-hybridized carbons (Fsp3) is 0.533. The van der Waals surface area contributed by atoms with Gasteiger partial charge in [-0.05, 0) is 57.4 Å². The molecule has 0 aliphatic rings. The van der Waals surface area contributed by atoms with E-state index in [2.05, 4.69) is 41.2 Å². The minimum Gasteiger partial charge on any atom is -0.481 e. The van der Waals surface area contributed by atoms with Gasteiger partial charge in [0.25, 0.3) is 11.5 Å². The summed E-state index contributed by atoms with van der Waals surface area (Å²) in [5.41, 5.74) is 0.536. The van der Waals surface area contributed by atoms with E-state index in [0.717, 1.165) is 6.92 Å². The average Bonchev–Trinajstić information content (AvgIpc) is 3.35. The van der Waals surface area contributed by atoms with E-state index in [9.17, 15) is 99.0 Å². The summed E-state index contributed by atoms with van der Waals surface area (Å²) in [6.45, 7) is 0.290. The quantitative estimate of drug-likeness (QED) is 0.0272. The summed E-state index contributed by atoms with van der Waals surface area (Å²) in [5, 5.41) is 120. The lowest BCUT2D eigenvalue weighted by atomic mass is 9.86. The van der Waals surface area contributed by atoms with Gasteiger partial charge in [0, 0.05) is 43.4 Å². The molecule has 1 aromatic carbocycles. The molecule has 74 heavy (non-hydrogen) atoms. The maximum absolute atomic E-state index is 13.9. The molecule has 2 aromatic heterocycles. The molecule has 29 heteroatoms. The number of aliphatic hydroxyl groups excluding tert-OH is 8.